The van der Waals surface area contributed by atoms with Gasteiger partial charge in [-0.15, -0.1) is 0 Å². The number of hydrogen-bond donors (Lipinski definition) is 0. The van der Waals surface area contributed by atoms with Crippen LogP contribution in [-0.2, 0) is 48.1 Å². The molecule has 0 N–H and O–H groups in total. The van der Waals surface area contributed by atoms with Gasteiger partial charge in [0.1, 0.15) is 12.2 Å². The molecule has 0 rings (SSSR count). The van der Waals surface area contributed by atoms with Gasteiger partial charge in [0.05, 0.1) is 0 Å². The van der Waals surface area contributed by atoms with Gasteiger partial charge in [0.25, 0.3) is 0 Å². The summed E-state index contributed by atoms with van der Waals surface area (Å²) in [5.41, 5.74) is 0. The number of rotatable bonds is 54. The van der Waals surface area contributed by atoms with E-state index >= 15 is 0 Å². The van der Waals surface area contributed by atoms with E-state index in [2.05, 4.69) is 27.7 Å². The van der Waals surface area contributed by atoms with Gasteiger partial charge in [-0.05, 0) is 89.9 Å². The van der Waals surface area contributed by atoms with Crippen LogP contribution < -0.4 is 10.2 Å². The van der Waals surface area contributed by atoms with E-state index < -0.39 is 11.9 Å². The first-order valence-electron chi connectivity index (χ1n) is 30.0. The number of esters is 2. The van der Waals surface area contributed by atoms with Crippen molar-refractivity contribution in [3.8, 4) is 0 Å². The molecule has 0 saturated heterocycles. The first kappa shape index (κ1) is 71.8. The van der Waals surface area contributed by atoms with Crippen molar-refractivity contribution < 1.29 is 58.3 Å². The van der Waals surface area contributed by atoms with E-state index in [1.54, 1.807) is 0 Å². The Morgan fingerprint density at radius 2 is 0.449 bits per heavy atom. The maximum atomic E-state index is 12.4. The summed E-state index contributed by atoms with van der Waals surface area (Å²) in [5.74, 6) is -1.88. The maximum absolute atomic E-state index is 12.4. The van der Waals surface area contributed by atoms with Gasteiger partial charge in [0, 0.05) is 24.8 Å². The Kier molecular flexibility index (Phi) is 63.2. The molecule has 0 aromatic carbocycles. The van der Waals surface area contributed by atoms with Crippen LogP contribution in [0.4, 0.5) is 0 Å². The van der Waals surface area contributed by atoms with Crippen LogP contribution in [-0.4, -0.2) is 36.1 Å². The zero-order chi connectivity index (χ0) is 50.2. The fourth-order valence-corrected chi connectivity index (χ4v) is 9.18. The van der Waals surface area contributed by atoms with Crippen molar-refractivity contribution in [1.29, 1.82) is 0 Å². The second-order valence-corrected chi connectivity index (χ2v) is 20.6. The van der Waals surface area contributed by atoms with Gasteiger partial charge >= 0.3 is 31.4 Å². The largest absolute Gasteiger partial charge is 2.00 e. The number of aliphatic carboxylic acids is 2. The second kappa shape index (κ2) is 60.8. The minimum Gasteiger partial charge on any atom is -0.550 e. The van der Waals surface area contributed by atoms with Gasteiger partial charge in [-0.2, -0.15) is 0 Å². The third-order valence-corrected chi connectivity index (χ3v) is 13.6. The topological polar surface area (TPSA) is 133 Å². The molecule has 2 unspecified atom stereocenters. The van der Waals surface area contributed by atoms with Gasteiger partial charge < -0.3 is 29.3 Å². The van der Waals surface area contributed by atoms with Crippen molar-refractivity contribution in [2.24, 2.45) is 0 Å². The smallest absolute Gasteiger partial charge is 0.550 e. The van der Waals surface area contributed by atoms with Gasteiger partial charge in [-0.25, -0.2) is 0 Å². The van der Waals surface area contributed by atoms with Crippen LogP contribution >= 0.6 is 0 Å². The molecule has 0 aliphatic rings. The number of carboxylic acid groups (broad SMARTS) is 2. The number of unbranched alkanes of at least 4 members (excludes halogenated alkanes) is 36. The fraction of sp³-hybridized carbons (Fsp3) is 0.933. The molecule has 9 heteroatoms. The first-order valence-corrected chi connectivity index (χ1v) is 30.0. The Labute approximate surface area is 441 Å². The van der Waals surface area contributed by atoms with Crippen LogP contribution in [0.2, 0.25) is 0 Å². The average molecular weight is 1030 g/mol. The third kappa shape index (κ3) is 62.6. The minimum atomic E-state index is -0.943. The molecular formula is C60H114O8Zn. The van der Waals surface area contributed by atoms with Gasteiger partial charge in [0.15, 0.2) is 0 Å². The summed E-state index contributed by atoms with van der Waals surface area (Å²) in [6, 6.07) is 0. The van der Waals surface area contributed by atoms with E-state index in [0.29, 0.717) is 12.8 Å². The molecule has 0 heterocycles. The van der Waals surface area contributed by atoms with Crippen LogP contribution in [0, 0.1) is 0 Å². The number of ether oxygens (including phenoxy) is 2. The summed E-state index contributed by atoms with van der Waals surface area (Å²) < 4.78 is 11.8. The van der Waals surface area contributed by atoms with Crippen molar-refractivity contribution in [2.45, 2.75) is 361 Å². The molecule has 0 aliphatic heterocycles. The fourth-order valence-electron chi connectivity index (χ4n) is 9.18. The maximum Gasteiger partial charge on any atom is 2.00 e. The zero-order valence-corrected chi connectivity index (χ0v) is 49.5. The SMILES string of the molecule is CCCCCCCCCCCC(=O)OC(CCCCCCCC)CCCCCCCCC(=O)[O-].CCCCCCCCCCCC(=O)OC(CCCCCCCC)CCCCCCCCC(=O)[O-].[Zn+2]. The summed E-state index contributed by atoms with van der Waals surface area (Å²) in [5, 5.41) is 20.9. The van der Waals surface area contributed by atoms with Crippen LogP contribution in [0.25, 0.3) is 0 Å². The van der Waals surface area contributed by atoms with Crippen molar-refractivity contribution in [3.05, 3.63) is 0 Å². The summed E-state index contributed by atoms with van der Waals surface area (Å²) in [4.78, 5) is 45.8. The Morgan fingerprint density at radius 1 is 0.275 bits per heavy atom. The molecule has 0 fully saturated rings. The first-order chi connectivity index (χ1) is 33.2. The minimum absolute atomic E-state index is 0. The third-order valence-electron chi connectivity index (χ3n) is 13.6. The molecule has 0 aromatic rings. The number of carboxylic acids is 2. The summed E-state index contributed by atoms with van der Waals surface area (Å²) >= 11 is 0. The Balaban J connectivity index is -0.00000124. The molecular weight excluding hydrogens is 914 g/mol. The molecule has 2 atom stereocenters. The molecule has 0 amide bonds. The molecule has 0 radical (unpaired) electrons. The van der Waals surface area contributed by atoms with E-state index in [1.165, 1.54) is 154 Å². The van der Waals surface area contributed by atoms with Crippen molar-refractivity contribution >= 4 is 23.9 Å². The molecule has 8 nitrogen and oxygen atoms in total. The van der Waals surface area contributed by atoms with Crippen LogP contribution in [0.5, 0.6) is 0 Å². The van der Waals surface area contributed by atoms with Crippen LogP contribution in [0.15, 0.2) is 0 Å². The number of carbonyl (C=O) groups excluding carboxylic acids is 4. The molecule has 404 valence electrons. The van der Waals surface area contributed by atoms with Gasteiger partial charge in [0.2, 0.25) is 0 Å². The summed E-state index contributed by atoms with van der Waals surface area (Å²) in [6.45, 7) is 8.99. The Hall–Kier alpha value is -1.50. The van der Waals surface area contributed by atoms with Crippen molar-refractivity contribution in [3.63, 3.8) is 0 Å². The summed E-state index contributed by atoms with van der Waals surface area (Å²) in [7, 11) is 0. The molecule has 0 saturated carbocycles. The van der Waals surface area contributed by atoms with E-state index in [0.717, 1.165) is 141 Å². The molecule has 0 aromatic heterocycles. The van der Waals surface area contributed by atoms with E-state index in [9.17, 15) is 29.4 Å². The van der Waals surface area contributed by atoms with Gasteiger partial charge in [-0.3, -0.25) is 9.59 Å². The molecule has 0 spiro atoms. The molecule has 0 bridgehead atoms. The quantitative estimate of drug-likeness (QED) is 0.0334. The van der Waals surface area contributed by atoms with Gasteiger partial charge in [-0.1, -0.05) is 246 Å². The van der Waals surface area contributed by atoms with Crippen molar-refractivity contribution in [2.75, 3.05) is 0 Å². The molecule has 0 aliphatic carbocycles. The van der Waals surface area contributed by atoms with E-state index in [1.807, 2.05) is 0 Å². The second-order valence-electron chi connectivity index (χ2n) is 20.6. The van der Waals surface area contributed by atoms with Crippen LogP contribution in [0.3, 0.4) is 0 Å². The predicted molar refractivity (Wildman–Crippen MR) is 283 cm³/mol. The zero-order valence-electron chi connectivity index (χ0n) is 46.5. The predicted octanol–water partition coefficient (Wildman–Crippen LogP) is 16.9. The Morgan fingerprint density at radius 3 is 0.652 bits per heavy atom. The van der Waals surface area contributed by atoms with Crippen LogP contribution in [0.1, 0.15) is 349 Å². The standard InChI is InChI=1S/2C30H58O4.Zn/c2*1-3-5-7-9-11-12-13-19-23-27-30(33)34-28(24-20-16-10-8-6-4-2)25-21-17-14-15-18-22-26-29(31)32;/h2*28H,3-27H2,1-2H3,(H,31,32);/q;;+2/p-2. The Bertz CT molecular complexity index is 988. The normalized spacial score (nSPS) is 11.9. The van der Waals surface area contributed by atoms with E-state index in [-0.39, 0.29) is 56.5 Å². The number of hydrogen-bond acceptors (Lipinski definition) is 8. The number of carbonyl (C=O) groups is 4. The molecule has 69 heavy (non-hydrogen) atoms. The van der Waals surface area contributed by atoms with E-state index in [4.69, 9.17) is 9.47 Å². The van der Waals surface area contributed by atoms with Crippen molar-refractivity contribution in [1.82, 2.24) is 0 Å². The average Bonchev–Trinajstić information content (AvgIpc) is 3.31. The monoisotopic (exact) mass is 1030 g/mol. The summed E-state index contributed by atoms with van der Waals surface area (Å²) in [6.07, 6.45) is 55.7.